The number of hydrogen-bond acceptors (Lipinski definition) is 17. The Morgan fingerprint density at radius 1 is 0.641 bits per heavy atom. The van der Waals surface area contributed by atoms with Crippen LogP contribution < -0.4 is 0 Å². The van der Waals surface area contributed by atoms with Crippen LogP contribution in [0.2, 0.25) is 0 Å². The number of allylic oxidation sites excluding steroid dienone is 4. The first-order valence-corrected chi connectivity index (χ1v) is 23.6. The lowest BCUT2D eigenvalue weighted by atomic mass is 9.35. The largest absolute Gasteiger partial charge is 0.396 e. The molecule has 0 aromatic heterocycles. The zero-order valence-corrected chi connectivity index (χ0v) is 38.4. The first-order valence-electron chi connectivity index (χ1n) is 23.6. The first-order chi connectivity index (χ1) is 30.0. The van der Waals surface area contributed by atoms with Crippen LogP contribution in [0.1, 0.15) is 99.8 Å². The molecule has 0 radical (unpaired) electrons. The molecule has 3 aliphatic heterocycles. The molecule has 5 aliphatic carbocycles. The van der Waals surface area contributed by atoms with Gasteiger partial charge in [0.1, 0.15) is 61.0 Å². The van der Waals surface area contributed by atoms with Crippen molar-refractivity contribution in [3.8, 4) is 0 Å². The van der Waals surface area contributed by atoms with Crippen LogP contribution >= 0.6 is 0 Å². The van der Waals surface area contributed by atoms with Crippen molar-refractivity contribution in [1.82, 2.24) is 0 Å². The van der Waals surface area contributed by atoms with E-state index in [1.807, 2.05) is 6.92 Å². The van der Waals surface area contributed by atoms with Gasteiger partial charge in [0.2, 0.25) is 0 Å². The van der Waals surface area contributed by atoms with E-state index >= 15 is 0 Å². The molecule has 4 saturated carbocycles. The van der Waals surface area contributed by atoms with E-state index in [1.165, 1.54) is 11.1 Å². The van der Waals surface area contributed by atoms with Crippen molar-refractivity contribution in [2.75, 3.05) is 26.4 Å². The average molecular weight is 913 g/mol. The van der Waals surface area contributed by atoms with Crippen LogP contribution in [0.3, 0.4) is 0 Å². The van der Waals surface area contributed by atoms with Crippen molar-refractivity contribution in [3.63, 3.8) is 0 Å². The third-order valence-electron chi connectivity index (χ3n) is 18.6. The van der Waals surface area contributed by atoms with Crippen LogP contribution in [0.25, 0.3) is 0 Å². The third-order valence-corrected chi connectivity index (χ3v) is 18.6. The highest BCUT2D eigenvalue weighted by atomic mass is 16.8. The minimum atomic E-state index is -1.86. The van der Waals surface area contributed by atoms with Crippen LogP contribution in [0, 0.1) is 44.3 Å². The topological polar surface area (TPSA) is 278 Å². The molecular formula is C47H76O17. The summed E-state index contributed by atoms with van der Waals surface area (Å²) in [7, 11) is 0. The van der Waals surface area contributed by atoms with Gasteiger partial charge < -0.3 is 84.6 Å². The van der Waals surface area contributed by atoms with E-state index < -0.39 is 122 Å². The molecule has 3 saturated heterocycles. The summed E-state index contributed by atoms with van der Waals surface area (Å²) in [5.41, 5.74) is 0.339. The van der Waals surface area contributed by atoms with Gasteiger partial charge in [0.25, 0.3) is 0 Å². The van der Waals surface area contributed by atoms with E-state index in [0.717, 1.165) is 32.1 Å². The molecule has 8 aliphatic rings. The summed E-state index contributed by atoms with van der Waals surface area (Å²) in [6, 6.07) is 0. The molecule has 0 bridgehead atoms. The summed E-state index contributed by atoms with van der Waals surface area (Å²) in [6.07, 6.45) is -12.1. The van der Waals surface area contributed by atoms with E-state index in [1.54, 1.807) is 6.92 Å². The quantitative estimate of drug-likeness (QED) is 0.137. The molecule has 11 N–H and O–H groups in total. The Morgan fingerprint density at radius 3 is 1.98 bits per heavy atom. The Balaban J connectivity index is 0.998. The monoisotopic (exact) mass is 913 g/mol. The molecule has 0 aromatic carbocycles. The van der Waals surface area contributed by atoms with Gasteiger partial charge in [-0.1, -0.05) is 64.8 Å². The van der Waals surface area contributed by atoms with Crippen LogP contribution in [0.4, 0.5) is 0 Å². The minimum absolute atomic E-state index is 0.0430. The van der Waals surface area contributed by atoms with Gasteiger partial charge in [-0.3, -0.25) is 0 Å². The summed E-state index contributed by atoms with van der Waals surface area (Å²) in [5.74, 6) is 0.00355. The normalized spacial score (nSPS) is 55.0. The standard InChI is InChI=1S/C47H76O17/c1-22-31(53)38(64-40-35(57)33(55)37(26(18-48)61-40)63-39-34(56)32(54)25(51)19-59-39)36(58)41(60-22)62-30-11-12-43(4)27(44(30,5)20-49)10-13-45(6)28(43)9-8-23-24-16-42(2,3)14-15-47(24,21-50)29(52)17-46(23,45)7/h8-9,22,24-27,29-41,48-58H,10-21H2,1-7H3/t22-,24+,25-,26-,27+,29+,30+,31+,32+,33-,34-,35-,36-,37+,38+,39+,40+,41+,43+,44+,45-,46-,47-/m1/s1. The minimum Gasteiger partial charge on any atom is -0.396 e. The SMILES string of the molecule is C[C@H]1O[C@@H](O[C@H]2CC[C@]3(C)C4=CC=C5[C@@H]6CC(C)(C)CC[C@]6(CO)[C@@H](O)C[C@@]5(C)[C@]4(C)CC[C@@H]3[C@]2(C)CO)[C@H](O)[C@@H](O[C@@H]2O[C@H](CO)[C@H](O[C@@H]3OC[C@@H](O)[C@H](O)[C@H]3O)[C@H](O)[C@H]2O)[C@H]1O. The summed E-state index contributed by atoms with van der Waals surface area (Å²) in [6.45, 7) is 13.7. The van der Waals surface area contributed by atoms with Gasteiger partial charge in [-0.05, 0) is 86.4 Å². The van der Waals surface area contributed by atoms with Crippen molar-refractivity contribution in [2.45, 2.75) is 198 Å². The second-order valence-corrected chi connectivity index (χ2v) is 22.6. The first kappa shape index (κ1) is 49.2. The van der Waals surface area contributed by atoms with Crippen LogP contribution in [-0.2, 0) is 28.4 Å². The summed E-state index contributed by atoms with van der Waals surface area (Å²) in [5, 5.41) is 120. The maximum absolute atomic E-state index is 12.1. The van der Waals surface area contributed by atoms with Gasteiger partial charge >= 0.3 is 0 Å². The fourth-order valence-electron chi connectivity index (χ4n) is 14.2. The third kappa shape index (κ3) is 7.45. The van der Waals surface area contributed by atoms with Crippen LogP contribution in [0.5, 0.6) is 0 Å². The molecule has 366 valence electrons. The van der Waals surface area contributed by atoms with Crippen molar-refractivity contribution < 1.29 is 84.6 Å². The summed E-state index contributed by atoms with van der Waals surface area (Å²) < 4.78 is 35.5. The van der Waals surface area contributed by atoms with E-state index in [4.69, 9.17) is 28.4 Å². The molecule has 23 atom stereocenters. The number of aliphatic hydroxyl groups excluding tert-OH is 11. The van der Waals surface area contributed by atoms with Crippen molar-refractivity contribution >= 4 is 0 Å². The van der Waals surface area contributed by atoms with Crippen LogP contribution in [0.15, 0.2) is 23.3 Å². The number of rotatable bonds is 9. The highest BCUT2D eigenvalue weighted by molar-refractivity contribution is 5.46. The average Bonchev–Trinajstić information content (AvgIpc) is 3.24. The Morgan fingerprint density at radius 2 is 1.31 bits per heavy atom. The van der Waals surface area contributed by atoms with Crippen molar-refractivity contribution in [2.24, 2.45) is 44.3 Å². The van der Waals surface area contributed by atoms with Crippen LogP contribution in [-0.4, -0.2) is 181 Å². The second kappa shape index (κ2) is 17.3. The zero-order chi connectivity index (χ0) is 46.7. The number of hydrogen-bond donors (Lipinski definition) is 11. The lowest BCUT2D eigenvalue weighted by Gasteiger charge is -2.69. The number of fused-ring (bicyclic) bond motifs is 7. The van der Waals surface area contributed by atoms with Gasteiger partial charge in [0.05, 0.1) is 44.7 Å². The van der Waals surface area contributed by atoms with Gasteiger partial charge in [0, 0.05) is 16.2 Å². The predicted molar refractivity (Wildman–Crippen MR) is 225 cm³/mol. The van der Waals surface area contributed by atoms with Crippen molar-refractivity contribution in [3.05, 3.63) is 23.3 Å². The Kier molecular flexibility index (Phi) is 13.3. The molecule has 17 nitrogen and oxygen atoms in total. The van der Waals surface area contributed by atoms with Gasteiger partial charge in [-0.25, -0.2) is 0 Å². The zero-order valence-electron chi connectivity index (χ0n) is 38.4. The molecule has 0 amide bonds. The smallest absolute Gasteiger partial charge is 0.187 e. The summed E-state index contributed by atoms with van der Waals surface area (Å²) >= 11 is 0. The number of aliphatic hydroxyl groups is 11. The van der Waals surface area contributed by atoms with E-state index in [9.17, 15) is 56.2 Å². The Hall–Kier alpha value is -1.20. The molecule has 8 rings (SSSR count). The fourth-order valence-corrected chi connectivity index (χ4v) is 14.2. The fraction of sp³-hybridized carbons (Fsp3) is 0.915. The highest BCUT2D eigenvalue weighted by Crippen LogP contribution is 2.74. The predicted octanol–water partition coefficient (Wildman–Crippen LogP) is 0.144. The Bertz CT molecular complexity index is 1760. The Labute approximate surface area is 376 Å². The van der Waals surface area contributed by atoms with E-state index in [2.05, 4.69) is 46.8 Å². The van der Waals surface area contributed by atoms with Crippen molar-refractivity contribution in [1.29, 1.82) is 0 Å². The molecule has 3 heterocycles. The van der Waals surface area contributed by atoms with Gasteiger partial charge in [-0.2, -0.15) is 0 Å². The van der Waals surface area contributed by atoms with Gasteiger partial charge in [-0.15, -0.1) is 0 Å². The van der Waals surface area contributed by atoms with E-state index in [-0.39, 0.29) is 46.7 Å². The second-order valence-electron chi connectivity index (χ2n) is 22.6. The maximum Gasteiger partial charge on any atom is 0.187 e. The summed E-state index contributed by atoms with van der Waals surface area (Å²) in [4.78, 5) is 0. The maximum atomic E-state index is 12.1. The lowest BCUT2D eigenvalue weighted by Crippen LogP contribution is -2.66. The molecule has 64 heavy (non-hydrogen) atoms. The molecule has 7 fully saturated rings. The van der Waals surface area contributed by atoms with Gasteiger partial charge in [0.15, 0.2) is 18.9 Å². The highest BCUT2D eigenvalue weighted by Gasteiger charge is 2.69. The number of ether oxygens (including phenoxy) is 6. The molecular weight excluding hydrogens is 837 g/mol. The molecule has 0 aromatic rings. The molecule has 0 spiro atoms. The molecule has 17 heteroatoms. The lowest BCUT2D eigenvalue weighted by molar-refractivity contribution is -0.378. The molecule has 0 unspecified atom stereocenters. The van der Waals surface area contributed by atoms with E-state index in [0.29, 0.717) is 19.3 Å².